The van der Waals surface area contributed by atoms with Gasteiger partial charge in [-0.05, 0) is 74.7 Å². The number of rotatable bonds is 10. The van der Waals surface area contributed by atoms with E-state index in [1.807, 2.05) is 62.4 Å². The molecule has 0 spiro atoms. The van der Waals surface area contributed by atoms with Gasteiger partial charge in [-0.15, -0.1) is 0 Å². The molecule has 7 nitrogen and oxygen atoms in total. The number of carbonyl (C=O) groups excluding carboxylic acids is 1. The highest BCUT2D eigenvalue weighted by molar-refractivity contribution is 5.94. The standard InChI is InChI=1S/C26H33N3O3.H2O/c1-3-26(4-2,25(31)32)18-24(30)28-22-11-7-9-20(17-22)13-14-21-10-8-12-23(27-21)19-29-15-5-6-16-29;/h7-14,17H,3-6,15-16,18-19H2,1-2H3,(H,28,30)(H,31,32);1H2. The summed E-state index contributed by atoms with van der Waals surface area (Å²) >= 11 is 0. The van der Waals surface area contributed by atoms with Crippen molar-refractivity contribution < 1.29 is 20.2 Å². The summed E-state index contributed by atoms with van der Waals surface area (Å²) in [5, 5.41) is 12.4. The number of nitrogens with zero attached hydrogens (tertiary/aromatic N) is 2. The summed E-state index contributed by atoms with van der Waals surface area (Å²) in [4.78, 5) is 31.4. The van der Waals surface area contributed by atoms with Crippen LogP contribution in [0.3, 0.4) is 0 Å². The highest BCUT2D eigenvalue weighted by Crippen LogP contribution is 2.31. The van der Waals surface area contributed by atoms with Gasteiger partial charge in [0.25, 0.3) is 0 Å². The van der Waals surface area contributed by atoms with Gasteiger partial charge in [-0.1, -0.05) is 38.1 Å². The summed E-state index contributed by atoms with van der Waals surface area (Å²) in [6.45, 7) is 6.79. The van der Waals surface area contributed by atoms with Gasteiger partial charge in [0.15, 0.2) is 0 Å². The summed E-state index contributed by atoms with van der Waals surface area (Å²) < 4.78 is 0. The molecule has 1 amide bonds. The van der Waals surface area contributed by atoms with E-state index in [0.29, 0.717) is 18.5 Å². The lowest BCUT2D eigenvalue weighted by molar-refractivity contribution is -0.151. The zero-order valence-corrected chi connectivity index (χ0v) is 19.5. The number of aliphatic carboxylic acids is 1. The zero-order valence-electron chi connectivity index (χ0n) is 19.5. The zero-order chi connectivity index (χ0) is 23.0. The molecule has 1 aromatic carbocycles. The minimum Gasteiger partial charge on any atom is -0.481 e. The smallest absolute Gasteiger partial charge is 0.310 e. The fraction of sp³-hybridized carbons (Fsp3) is 0.423. The van der Waals surface area contributed by atoms with E-state index in [1.54, 1.807) is 0 Å². The van der Waals surface area contributed by atoms with Crippen molar-refractivity contribution >= 4 is 29.7 Å². The van der Waals surface area contributed by atoms with Crippen LogP contribution in [0.1, 0.15) is 62.9 Å². The van der Waals surface area contributed by atoms with Crippen molar-refractivity contribution in [3.8, 4) is 0 Å². The number of pyridine rings is 1. The number of carbonyl (C=O) groups is 2. The van der Waals surface area contributed by atoms with Crippen LogP contribution < -0.4 is 5.32 Å². The summed E-state index contributed by atoms with van der Waals surface area (Å²) in [6, 6.07) is 13.6. The van der Waals surface area contributed by atoms with E-state index in [1.165, 1.54) is 12.8 Å². The number of carboxylic acid groups (broad SMARTS) is 1. The van der Waals surface area contributed by atoms with Crippen molar-refractivity contribution in [3.05, 3.63) is 59.4 Å². The maximum absolute atomic E-state index is 12.5. The molecule has 4 N–H and O–H groups in total. The predicted molar refractivity (Wildman–Crippen MR) is 132 cm³/mol. The molecule has 1 aliphatic heterocycles. The van der Waals surface area contributed by atoms with Gasteiger partial charge in [0.05, 0.1) is 16.8 Å². The van der Waals surface area contributed by atoms with E-state index < -0.39 is 11.4 Å². The summed E-state index contributed by atoms with van der Waals surface area (Å²) in [7, 11) is 0. The van der Waals surface area contributed by atoms with Gasteiger partial charge in [-0.2, -0.15) is 0 Å². The Hall–Kier alpha value is -3.03. The molecule has 0 unspecified atom stereocenters. The van der Waals surface area contributed by atoms with E-state index in [2.05, 4.69) is 16.3 Å². The maximum Gasteiger partial charge on any atom is 0.310 e. The number of amides is 1. The van der Waals surface area contributed by atoms with Gasteiger partial charge in [0.1, 0.15) is 0 Å². The minimum atomic E-state index is -1.02. The molecule has 1 saturated heterocycles. The van der Waals surface area contributed by atoms with Crippen molar-refractivity contribution in [2.75, 3.05) is 18.4 Å². The van der Waals surface area contributed by atoms with Crippen LogP contribution >= 0.6 is 0 Å². The van der Waals surface area contributed by atoms with Crippen LogP contribution in [-0.4, -0.2) is 45.4 Å². The molecule has 0 atom stereocenters. The first kappa shape index (κ1) is 26.2. The number of benzene rings is 1. The second-order valence-electron chi connectivity index (χ2n) is 8.51. The quantitative estimate of drug-likeness (QED) is 0.558. The Morgan fingerprint density at radius 2 is 1.79 bits per heavy atom. The molecule has 0 bridgehead atoms. The topological polar surface area (TPSA) is 114 Å². The molecule has 0 saturated carbocycles. The van der Waals surface area contributed by atoms with Crippen LogP contribution in [-0.2, 0) is 16.1 Å². The Morgan fingerprint density at radius 1 is 1.09 bits per heavy atom. The number of hydrogen-bond donors (Lipinski definition) is 2. The Balaban J connectivity index is 0.00000385. The summed E-state index contributed by atoms with van der Waals surface area (Å²) in [5.41, 5.74) is 2.54. The van der Waals surface area contributed by atoms with E-state index in [0.717, 1.165) is 36.6 Å². The van der Waals surface area contributed by atoms with Crippen LogP contribution in [0.15, 0.2) is 42.5 Å². The summed E-state index contributed by atoms with van der Waals surface area (Å²) in [5.74, 6) is -1.21. The number of likely N-dealkylation sites (tertiary alicyclic amines) is 1. The lowest BCUT2D eigenvalue weighted by Crippen LogP contribution is -2.34. The minimum absolute atomic E-state index is 0. The fourth-order valence-corrected chi connectivity index (χ4v) is 4.14. The van der Waals surface area contributed by atoms with Crippen LogP contribution in [0.5, 0.6) is 0 Å². The highest BCUT2D eigenvalue weighted by atomic mass is 16.4. The molecule has 33 heavy (non-hydrogen) atoms. The van der Waals surface area contributed by atoms with Gasteiger partial charge < -0.3 is 15.9 Å². The molecule has 1 aromatic heterocycles. The second-order valence-corrected chi connectivity index (χ2v) is 8.51. The highest BCUT2D eigenvalue weighted by Gasteiger charge is 2.37. The van der Waals surface area contributed by atoms with Gasteiger partial charge >= 0.3 is 5.97 Å². The Morgan fingerprint density at radius 3 is 2.45 bits per heavy atom. The molecule has 2 heterocycles. The predicted octanol–water partition coefficient (Wildman–Crippen LogP) is 4.24. The average Bonchev–Trinajstić information content (AvgIpc) is 3.29. The van der Waals surface area contributed by atoms with Crippen LogP contribution in [0.25, 0.3) is 12.2 Å². The molecular formula is C26H35N3O4. The Bertz CT molecular complexity index is 964. The Kier molecular flexibility index (Phi) is 9.75. The molecule has 178 valence electrons. The monoisotopic (exact) mass is 453 g/mol. The van der Waals surface area contributed by atoms with E-state index >= 15 is 0 Å². The van der Waals surface area contributed by atoms with E-state index in [9.17, 15) is 14.7 Å². The first-order chi connectivity index (χ1) is 15.4. The molecule has 1 aliphatic rings. The van der Waals surface area contributed by atoms with Gasteiger partial charge in [-0.3, -0.25) is 19.5 Å². The van der Waals surface area contributed by atoms with Crippen LogP contribution in [0, 0.1) is 5.41 Å². The van der Waals surface area contributed by atoms with Crippen molar-refractivity contribution in [1.29, 1.82) is 0 Å². The number of carboxylic acids is 1. The van der Waals surface area contributed by atoms with Gasteiger partial charge in [0, 0.05) is 18.7 Å². The van der Waals surface area contributed by atoms with Crippen molar-refractivity contribution in [3.63, 3.8) is 0 Å². The largest absolute Gasteiger partial charge is 0.481 e. The van der Waals surface area contributed by atoms with Crippen molar-refractivity contribution in [2.45, 2.75) is 52.5 Å². The Labute approximate surface area is 195 Å². The molecule has 0 aliphatic carbocycles. The fourth-order valence-electron chi connectivity index (χ4n) is 4.14. The molecule has 0 radical (unpaired) electrons. The number of aromatic nitrogens is 1. The van der Waals surface area contributed by atoms with Crippen LogP contribution in [0.4, 0.5) is 5.69 Å². The third kappa shape index (κ3) is 7.23. The van der Waals surface area contributed by atoms with Crippen molar-refractivity contribution in [2.24, 2.45) is 5.41 Å². The second kappa shape index (κ2) is 12.3. The average molecular weight is 454 g/mol. The van der Waals surface area contributed by atoms with Gasteiger partial charge in [0.2, 0.25) is 5.91 Å². The molecule has 7 heteroatoms. The summed E-state index contributed by atoms with van der Waals surface area (Å²) in [6.07, 6.45) is 7.26. The third-order valence-corrected chi connectivity index (χ3v) is 6.34. The first-order valence-electron chi connectivity index (χ1n) is 11.4. The maximum atomic E-state index is 12.5. The van der Waals surface area contributed by atoms with E-state index in [4.69, 9.17) is 4.98 Å². The molecule has 3 rings (SSSR count). The van der Waals surface area contributed by atoms with Crippen molar-refractivity contribution in [1.82, 2.24) is 9.88 Å². The molecule has 2 aromatic rings. The lowest BCUT2D eigenvalue weighted by Gasteiger charge is -2.25. The van der Waals surface area contributed by atoms with E-state index in [-0.39, 0.29) is 17.8 Å². The molecule has 1 fully saturated rings. The number of hydrogen-bond acceptors (Lipinski definition) is 4. The normalized spacial score (nSPS) is 14.2. The third-order valence-electron chi connectivity index (χ3n) is 6.34. The number of anilines is 1. The SMILES string of the molecule is CCC(CC)(CC(=O)Nc1cccc(C=Cc2cccc(CN3CCCC3)n2)c1)C(=O)O.O. The lowest BCUT2D eigenvalue weighted by atomic mass is 9.79. The molecular weight excluding hydrogens is 418 g/mol. The van der Waals surface area contributed by atoms with Gasteiger partial charge in [-0.25, -0.2) is 0 Å². The first-order valence-corrected chi connectivity index (χ1v) is 11.4. The van der Waals surface area contributed by atoms with Crippen LogP contribution in [0.2, 0.25) is 0 Å². The number of nitrogens with one attached hydrogen (secondary N) is 1.